The van der Waals surface area contributed by atoms with Crippen molar-refractivity contribution in [2.45, 2.75) is 57.5 Å². The molecule has 1 fully saturated rings. The van der Waals surface area contributed by atoms with Crippen molar-refractivity contribution in [3.8, 4) is 0 Å². The Morgan fingerprint density at radius 2 is 2.04 bits per heavy atom. The van der Waals surface area contributed by atoms with Crippen molar-refractivity contribution in [3.05, 3.63) is 34.7 Å². The molecule has 1 aromatic heterocycles. The minimum absolute atomic E-state index is 0. The molecule has 0 spiro atoms. The standard InChI is InChI=1S/C17H28N4O.HI/c1-18-17(20-15-9-3-2-4-10-15)19-12-6-8-14-21-13-7-5-11-16(21)22;/h5,7,11,13,15H,2-4,6,8-10,12,14H2,1H3,(H2,18,19,20);1H. The molecule has 6 heteroatoms. The molecule has 2 rings (SSSR count). The Kier molecular flexibility index (Phi) is 9.98. The van der Waals surface area contributed by atoms with Gasteiger partial charge in [0.05, 0.1) is 0 Å². The van der Waals surface area contributed by atoms with Gasteiger partial charge in [0.25, 0.3) is 0 Å². The summed E-state index contributed by atoms with van der Waals surface area (Å²) in [6.45, 7) is 1.66. The van der Waals surface area contributed by atoms with Crippen molar-refractivity contribution < 1.29 is 0 Å². The van der Waals surface area contributed by atoms with Crippen LogP contribution in [0, 0.1) is 0 Å². The number of rotatable bonds is 6. The highest BCUT2D eigenvalue weighted by atomic mass is 127. The van der Waals surface area contributed by atoms with Gasteiger partial charge in [0.15, 0.2) is 5.96 Å². The Bertz CT molecular complexity index is 523. The van der Waals surface area contributed by atoms with Crippen LogP contribution >= 0.6 is 24.0 Å². The van der Waals surface area contributed by atoms with E-state index in [2.05, 4.69) is 15.6 Å². The zero-order chi connectivity index (χ0) is 15.6. The number of guanidine groups is 1. The Labute approximate surface area is 156 Å². The Morgan fingerprint density at radius 3 is 2.74 bits per heavy atom. The lowest BCUT2D eigenvalue weighted by molar-refractivity contribution is 0.410. The van der Waals surface area contributed by atoms with Gasteiger partial charge in [-0.05, 0) is 31.7 Å². The van der Waals surface area contributed by atoms with E-state index in [1.165, 1.54) is 32.1 Å². The van der Waals surface area contributed by atoms with E-state index in [9.17, 15) is 4.79 Å². The molecule has 0 amide bonds. The van der Waals surface area contributed by atoms with Crippen molar-refractivity contribution in [3.63, 3.8) is 0 Å². The van der Waals surface area contributed by atoms with Crippen LogP contribution in [0.2, 0.25) is 0 Å². The monoisotopic (exact) mass is 432 g/mol. The lowest BCUT2D eigenvalue weighted by Gasteiger charge is -2.24. The highest BCUT2D eigenvalue weighted by molar-refractivity contribution is 14.0. The van der Waals surface area contributed by atoms with Crippen molar-refractivity contribution >= 4 is 29.9 Å². The van der Waals surface area contributed by atoms with Crippen molar-refractivity contribution in [2.75, 3.05) is 13.6 Å². The van der Waals surface area contributed by atoms with Crippen molar-refractivity contribution in [2.24, 2.45) is 4.99 Å². The van der Waals surface area contributed by atoms with Crippen molar-refractivity contribution in [1.29, 1.82) is 0 Å². The maximum Gasteiger partial charge on any atom is 0.250 e. The molecule has 0 radical (unpaired) electrons. The summed E-state index contributed by atoms with van der Waals surface area (Å²) in [6, 6.07) is 5.85. The lowest BCUT2D eigenvalue weighted by atomic mass is 9.96. The van der Waals surface area contributed by atoms with Crippen LogP contribution in [0.25, 0.3) is 0 Å². The van der Waals surface area contributed by atoms with Gasteiger partial charge in [0, 0.05) is 38.4 Å². The molecule has 0 saturated heterocycles. The number of aliphatic imine (C=N–C) groups is 1. The van der Waals surface area contributed by atoms with E-state index in [4.69, 9.17) is 0 Å². The second kappa shape index (κ2) is 11.5. The first-order valence-electron chi connectivity index (χ1n) is 8.42. The Morgan fingerprint density at radius 1 is 1.26 bits per heavy atom. The first-order valence-corrected chi connectivity index (χ1v) is 8.42. The summed E-state index contributed by atoms with van der Waals surface area (Å²) in [7, 11) is 1.82. The molecule has 23 heavy (non-hydrogen) atoms. The molecule has 0 aliphatic heterocycles. The SMILES string of the molecule is CN=C(NCCCCn1ccccc1=O)NC1CCCCC1.I. The van der Waals surface area contributed by atoms with Gasteiger partial charge in [-0.2, -0.15) is 0 Å². The molecule has 1 heterocycles. The number of halogens is 1. The largest absolute Gasteiger partial charge is 0.356 e. The summed E-state index contributed by atoms with van der Waals surface area (Å²) in [5.41, 5.74) is 0.0743. The average molecular weight is 432 g/mol. The number of aryl methyl sites for hydroxylation is 1. The number of aromatic nitrogens is 1. The van der Waals surface area contributed by atoms with E-state index in [0.717, 1.165) is 31.9 Å². The second-order valence-electron chi connectivity index (χ2n) is 5.92. The van der Waals surface area contributed by atoms with Crippen LogP contribution < -0.4 is 16.2 Å². The molecule has 2 N–H and O–H groups in total. The smallest absolute Gasteiger partial charge is 0.250 e. The van der Waals surface area contributed by atoms with Crippen LogP contribution in [0.15, 0.2) is 34.2 Å². The molecule has 1 saturated carbocycles. The number of pyridine rings is 1. The van der Waals surface area contributed by atoms with Crippen LogP contribution in [-0.4, -0.2) is 30.2 Å². The van der Waals surface area contributed by atoms with Crippen LogP contribution in [0.3, 0.4) is 0 Å². The van der Waals surface area contributed by atoms with Crippen LogP contribution in [0.5, 0.6) is 0 Å². The van der Waals surface area contributed by atoms with Crippen LogP contribution in [0.4, 0.5) is 0 Å². The number of nitrogens with one attached hydrogen (secondary N) is 2. The molecule has 0 aromatic carbocycles. The zero-order valence-corrected chi connectivity index (χ0v) is 16.3. The minimum atomic E-state index is 0. The van der Waals surface area contributed by atoms with Gasteiger partial charge in [-0.25, -0.2) is 0 Å². The van der Waals surface area contributed by atoms with E-state index >= 15 is 0 Å². The molecule has 130 valence electrons. The fourth-order valence-corrected chi connectivity index (χ4v) is 2.89. The van der Waals surface area contributed by atoms with Crippen LogP contribution in [0.1, 0.15) is 44.9 Å². The third-order valence-corrected chi connectivity index (χ3v) is 4.19. The van der Waals surface area contributed by atoms with Gasteiger partial charge in [-0.3, -0.25) is 9.79 Å². The highest BCUT2D eigenvalue weighted by Crippen LogP contribution is 2.17. The molecular formula is C17H29IN4O. The van der Waals surface area contributed by atoms with Gasteiger partial charge in [0.2, 0.25) is 5.56 Å². The van der Waals surface area contributed by atoms with Gasteiger partial charge in [-0.1, -0.05) is 25.3 Å². The first-order chi connectivity index (χ1) is 10.8. The quantitative estimate of drug-likeness (QED) is 0.315. The van der Waals surface area contributed by atoms with E-state index in [-0.39, 0.29) is 29.5 Å². The summed E-state index contributed by atoms with van der Waals surface area (Å²) in [5, 5.41) is 6.88. The summed E-state index contributed by atoms with van der Waals surface area (Å²) in [5.74, 6) is 0.906. The second-order valence-corrected chi connectivity index (χ2v) is 5.92. The number of unbranched alkanes of at least 4 members (excludes halogenated alkanes) is 1. The summed E-state index contributed by atoms with van der Waals surface area (Å²) >= 11 is 0. The zero-order valence-electron chi connectivity index (χ0n) is 14.0. The minimum Gasteiger partial charge on any atom is -0.356 e. The Hall–Kier alpha value is -1.05. The molecular weight excluding hydrogens is 403 g/mol. The third kappa shape index (κ3) is 7.37. The average Bonchev–Trinajstić information content (AvgIpc) is 2.56. The van der Waals surface area contributed by atoms with Crippen LogP contribution in [-0.2, 0) is 6.54 Å². The number of nitrogens with zero attached hydrogens (tertiary/aromatic N) is 2. The van der Waals surface area contributed by atoms with E-state index in [1.54, 1.807) is 16.7 Å². The van der Waals surface area contributed by atoms with Gasteiger partial charge in [0.1, 0.15) is 0 Å². The maximum atomic E-state index is 11.6. The third-order valence-electron chi connectivity index (χ3n) is 4.19. The van der Waals surface area contributed by atoms with E-state index in [0.29, 0.717) is 6.04 Å². The molecule has 1 aliphatic carbocycles. The summed E-state index contributed by atoms with van der Waals surface area (Å²) in [4.78, 5) is 15.9. The lowest BCUT2D eigenvalue weighted by Crippen LogP contribution is -2.44. The highest BCUT2D eigenvalue weighted by Gasteiger charge is 2.13. The number of hydrogen-bond donors (Lipinski definition) is 2. The molecule has 1 aromatic rings. The summed E-state index contributed by atoms with van der Waals surface area (Å²) < 4.78 is 1.76. The van der Waals surface area contributed by atoms with Gasteiger partial charge >= 0.3 is 0 Å². The van der Waals surface area contributed by atoms with Crippen molar-refractivity contribution in [1.82, 2.24) is 15.2 Å². The normalized spacial score (nSPS) is 15.8. The molecule has 1 aliphatic rings. The molecule has 0 atom stereocenters. The molecule has 0 unspecified atom stereocenters. The maximum absolute atomic E-state index is 11.6. The van der Waals surface area contributed by atoms with Gasteiger partial charge in [-0.15, -0.1) is 24.0 Å². The fraction of sp³-hybridized carbons (Fsp3) is 0.647. The predicted octanol–water partition coefficient (Wildman–Crippen LogP) is 2.74. The van der Waals surface area contributed by atoms with E-state index < -0.39 is 0 Å². The Balaban J connectivity index is 0.00000264. The van der Waals surface area contributed by atoms with Gasteiger partial charge < -0.3 is 15.2 Å². The predicted molar refractivity (Wildman–Crippen MR) is 107 cm³/mol. The first kappa shape index (κ1) is 20.0. The fourth-order valence-electron chi connectivity index (χ4n) is 2.89. The molecule has 5 nitrogen and oxygen atoms in total. The molecule has 0 bridgehead atoms. The van der Waals surface area contributed by atoms with E-state index in [1.807, 2.05) is 19.3 Å². The number of hydrogen-bond acceptors (Lipinski definition) is 2. The topological polar surface area (TPSA) is 58.4 Å². The summed E-state index contributed by atoms with van der Waals surface area (Å²) in [6.07, 6.45) is 10.3.